The highest BCUT2D eigenvalue weighted by Crippen LogP contribution is 2.30. The molecule has 0 aliphatic heterocycles. The highest BCUT2D eigenvalue weighted by molar-refractivity contribution is 6.35. The van der Waals surface area contributed by atoms with E-state index in [-0.39, 0.29) is 15.6 Å². The summed E-state index contributed by atoms with van der Waals surface area (Å²) in [4.78, 5) is 0. The fraction of sp³-hybridized carbons (Fsp3) is 0.222. The number of hydrogen-bond acceptors (Lipinski definition) is 2. The van der Waals surface area contributed by atoms with Gasteiger partial charge >= 0.3 is 0 Å². The van der Waals surface area contributed by atoms with E-state index in [1.807, 2.05) is 6.07 Å². The molecule has 0 bridgehead atoms. The minimum atomic E-state index is -1.32. The van der Waals surface area contributed by atoms with Crippen molar-refractivity contribution in [3.63, 3.8) is 0 Å². The van der Waals surface area contributed by atoms with Crippen LogP contribution in [0.1, 0.15) is 12.5 Å². The number of halogens is 3. The fourth-order valence-electron chi connectivity index (χ4n) is 0.981. The van der Waals surface area contributed by atoms with Crippen LogP contribution in [0, 0.1) is 17.1 Å². The number of rotatable bonds is 1. The Kier molecular flexibility index (Phi) is 3.01. The second kappa shape index (κ2) is 3.74. The Bertz CT molecular complexity index is 410. The lowest BCUT2D eigenvalue weighted by molar-refractivity contribution is 0.603. The minimum Gasteiger partial charge on any atom is -0.310 e. The molecule has 1 aromatic carbocycles. The molecule has 0 aliphatic rings. The molecule has 0 radical (unpaired) electrons. The molecule has 14 heavy (non-hydrogen) atoms. The summed E-state index contributed by atoms with van der Waals surface area (Å²) in [7, 11) is 0. The Balaban J connectivity index is 3.38. The smallest absolute Gasteiger partial charge is 0.142 e. The third-order valence-electron chi connectivity index (χ3n) is 1.80. The molecule has 2 nitrogen and oxygen atoms in total. The first kappa shape index (κ1) is 11.3. The van der Waals surface area contributed by atoms with Gasteiger partial charge in [-0.3, -0.25) is 0 Å². The standard InChI is InChI=1S/C9H7Cl2FN2/c1-9(14,4-13)5-2-8(12)7(11)3-6(5)10/h2-3H,14H2,1H3/t9-/m1/s1. The monoisotopic (exact) mass is 232 g/mol. The van der Waals surface area contributed by atoms with Crippen LogP contribution in [0.4, 0.5) is 4.39 Å². The van der Waals surface area contributed by atoms with Gasteiger partial charge in [-0.25, -0.2) is 4.39 Å². The first-order valence-corrected chi connectivity index (χ1v) is 4.49. The summed E-state index contributed by atoms with van der Waals surface area (Å²) in [5.74, 6) is -0.641. The normalized spacial score (nSPS) is 14.6. The first-order valence-electron chi connectivity index (χ1n) is 3.73. The van der Waals surface area contributed by atoms with Gasteiger partial charge in [0.25, 0.3) is 0 Å². The molecule has 1 atom stereocenters. The van der Waals surface area contributed by atoms with E-state index in [4.69, 9.17) is 34.2 Å². The molecule has 2 N–H and O–H groups in total. The van der Waals surface area contributed by atoms with Crippen LogP contribution in [0.25, 0.3) is 0 Å². The SMILES string of the molecule is C[C@@](N)(C#N)c1cc(F)c(Cl)cc1Cl. The number of hydrogen-bond donors (Lipinski definition) is 1. The Morgan fingerprint density at radius 1 is 1.43 bits per heavy atom. The molecule has 0 aromatic heterocycles. The topological polar surface area (TPSA) is 49.8 Å². The van der Waals surface area contributed by atoms with Crippen molar-refractivity contribution in [3.05, 3.63) is 33.6 Å². The van der Waals surface area contributed by atoms with E-state index in [0.717, 1.165) is 6.07 Å². The lowest BCUT2D eigenvalue weighted by atomic mass is 9.95. The number of nitrogens with zero attached hydrogens (tertiary/aromatic N) is 1. The summed E-state index contributed by atoms with van der Waals surface area (Å²) in [6.07, 6.45) is 0. The van der Waals surface area contributed by atoms with E-state index in [9.17, 15) is 4.39 Å². The predicted molar refractivity (Wildman–Crippen MR) is 53.6 cm³/mol. The van der Waals surface area contributed by atoms with Gasteiger partial charge in [0, 0.05) is 10.6 Å². The zero-order valence-corrected chi connectivity index (χ0v) is 8.83. The highest BCUT2D eigenvalue weighted by atomic mass is 35.5. The molecular weight excluding hydrogens is 226 g/mol. The summed E-state index contributed by atoms with van der Waals surface area (Å²) >= 11 is 11.3. The van der Waals surface area contributed by atoms with Gasteiger partial charge in [-0.2, -0.15) is 5.26 Å². The van der Waals surface area contributed by atoms with E-state index in [2.05, 4.69) is 0 Å². The summed E-state index contributed by atoms with van der Waals surface area (Å²) in [6, 6.07) is 4.14. The summed E-state index contributed by atoms with van der Waals surface area (Å²) < 4.78 is 13.1. The van der Waals surface area contributed by atoms with Crippen LogP contribution in [0.5, 0.6) is 0 Å². The molecule has 0 aliphatic carbocycles. The quantitative estimate of drug-likeness (QED) is 0.758. The van der Waals surface area contributed by atoms with Crippen LogP contribution in [0.2, 0.25) is 10.0 Å². The van der Waals surface area contributed by atoms with Crippen LogP contribution < -0.4 is 5.73 Å². The van der Waals surface area contributed by atoms with E-state index in [0.29, 0.717) is 0 Å². The molecule has 74 valence electrons. The van der Waals surface area contributed by atoms with Gasteiger partial charge in [0.1, 0.15) is 11.4 Å². The van der Waals surface area contributed by atoms with Crippen LogP contribution in [0.3, 0.4) is 0 Å². The lowest BCUT2D eigenvalue weighted by Gasteiger charge is -2.17. The maximum atomic E-state index is 13.1. The van der Waals surface area contributed by atoms with Gasteiger partial charge < -0.3 is 5.73 Å². The summed E-state index contributed by atoms with van der Waals surface area (Å²) in [5, 5.41) is 8.84. The minimum absolute atomic E-state index is 0.0903. The Hall–Kier alpha value is -0.820. The van der Waals surface area contributed by atoms with E-state index >= 15 is 0 Å². The van der Waals surface area contributed by atoms with E-state index < -0.39 is 11.4 Å². The predicted octanol–water partition coefficient (Wildman–Crippen LogP) is 2.83. The van der Waals surface area contributed by atoms with Crippen molar-refractivity contribution in [3.8, 4) is 6.07 Å². The third kappa shape index (κ3) is 1.98. The lowest BCUT2D eigenvalue weighted by Crippen LogP contribution is -2.31. The number of nitriles is 1. The molecule has 1 aromatic rings. The average Bonchev–Trinajstić information content (AvgIpc) is 2.11. The molecule has 0 heterocycles. The first-order chi connectivity index (χ1) is 6.38. The van der Waals surface area contributed by atoms with E-state index in [1.165, 1.54) is 13.0 Å². The highest BCUT2D eigenvalue weighted by Gasteiger charge is 2.24. The second-order valence-corrected chi connectivity index (χ2v) is 3.87. The van der Waals surface area contributed by atoms with Crippen LogP contribution in [-0.4, -0.2) is 0 Å². The zero-order valence-electron chi connectivity index (χ0n) is 7.31. The summed E-state index contributed by atoms with van der Waals surface area (Å²) in [5.41, 5.74) is 4.51. The molecule has 0 fully saturated rings. The molecule has 0 saturated heterocycles. The third-order valence-corrected chi connectivity index (χ3v) is 2.40. The molecular formula is C9H7Cl2FN2. The van der Waals surface area contributed by atoms with Crippen molar-refractivity contribution in [2.75, 3.05) is 0 Å². The molecule has 0 amide bonds. The molecule has 0 unspecified atom stereocenters. The zero-order chi connectivity index (χ0) is 10.9. The van der Waals surface area contributed by atoms with Crippen LogP contribution >= 0.6 is 23.2 Å². The fourth-order valence-corrected chi connectivity index (χ4v) is 1.56. The molecule has 0 saturated carbocycles. The molecule has 5 heteroatoms. The Labute approximate surface area is 91.0 Å². The van der Waals surface area contributed by atoms with Crippen molar-refractivity contribution >= 4 is 23.2 Å². The van der Waals surface area contributed by atoms with Gasteiger partial charge in [0.05, 0.1) is 11.1 Å². The van der Waals surface area contributed by atoms with Gasteiger partial charge in [-0.1, -0.05) is 23.2 Å². The van der Waals surface area contributed by atoms with Crippen molar-refractivity contribution in [2.24, 2.45) is 5.73 Å². The molecule has 1 rings (SSSR count). The Morgan fingerprint density at radius 2 is 2.00 bits per heavy atom. The second-order valence-electron chi connectivity index (χ2n) is 3.06. The van der Waals surface area contributed by atoms with Gasteiger partial charge in [0.2, 0.25) is 0 Å². The van der Waals surface area contributed by atoms with Gasteiger partial charge in [-0.05, 0) is 19.1 Å². The van der Waals surface area contributed by atoms with Crippen molar-refractivity contribution in [1.29, 1.82) is 5.26 Å². The largest absolute Gasteiger partial charge is 0.310 e. The van der Waals surface area contributed by atoms with Crippen molar-refractivity contribution < 1.29 is 4.39 Å². The summed E-state index contributed by atoms with van der Waals surface area (Å²) in [6.45, 7) is 1.45. The van der Waals surface area contributed by atoms with Crippen molar-refractivity contribution in [1.82, 2.24) is 0 Å². The van der Waals surface area contributed by atoms with Crippen LogP contribution in [0.15, 0.2) is 12.1 Å². The number of nitrogens with two attached hydrogens (primary N) is 1. The van der Waals surface area contributed by atoms with Crippen molar-refractivity contribution in [2.45, 2.75) is 12.5 Å². The maximum absolute atomic E-state index is 13.1. The number of benzene rings is 1. The van der Waals surface area contributed by atoms with Gasteiger partial charge in [0.15, 0.2) is 0 Å². The van der Waals surface area contributed by atoms with Gasteiger partial charge in [-0.15, -0.1) is 0 Å². The molecule has 0 spiro atoms. The maximum Gasteiger partial charge on any atom is 0.142 e. The Morgan fingerprint density at radius 3 is 2.50 bits per heavy atom. The van der Waals surface area contributed by atoms with E-state index in [1.54, 1.807) is 0 Å². The van der Waals surface area contributed by atoms with Crippen LogP contribution in [-0.2, 0) is 5.54 Å². The average molecular weight is 233 g/mol.